The fourth-order valence-corrected chi connectivity index (χ4v) is 10.3. The largest absolute Gasteiger partial charge is 0.466 e. The van der Waals surface area contributed by atoms with E-state index in [1.165, 1.54) is 302 Å². The number of hydrogen-bond donors (Lipinski definition) is 3. The van der Waals surface area contributed by atoms with Gasteiger partial charge in [0, 0.05) is 12.8 Å². The summed E-state index contributed by atoms with van der Waals surface area (Å²) in [5.74, 6) is -0.0447. The maximum absolute atomic E-state index is 12.5. The average Bonchev–Trinajstić information content (AvgIpc) is 3.37. The zero-order valence-electron chi connectivity index (χ0n) is 48.2. The van der Waals surface area contributed by atoms with Crippen molar-refractivity contribution >= 4 is 11.9 Å². The number of ether oxygens (including phenoxy) is 1. The number of aliphatic hydroxyl groups excluding tert-OH is 2. The Balaban J connectivity index is 3.37. The summed E-state index contributed by atoms with van der Waals surface area (Å²) >= 11 is 0. The molecule has 0 aromatic heterocycles. The third-order valence-electron chi connectivity index (χ3n) is 15.3. The lowest BCUT2D eigenvalue weighted by Crippen LogP contribution is -2.45. The van der Waals surface area contributed by atoms with E-state index in [1.54, 1.807) is 6.08 Å². The molecule has 3 N–H and O–H groups in total. The molecule has 71 heavy (non-hydrogen) atoms. The van der Waals surface area contributed by atoms with Crippen LogP contribution in [-0.2, 0) is 14.3 Å². The van der Waals surface area contributed by atoms with Crippen LogP contribution in [0.25, 0.3) is 0 Å². The summed E-state index contributed by atoms with van der Waals surface area (Å²) in [4.78, 5) is 24.5. The Hall–Kier alpha value is -1.40. The van der Waals surface area contributed by atoms with E-state index in [4.69, 9.17) is 4.74 Å². The van der Waals surface area contributed by atoms with Crippen molar-refractivity contribution in [1.82, 2.24) is 5.32 Å². The van der Waals surface area contributed by atoms with Gasteiger partial charge in [0.1, 0.15) is 0 Å². The van der Waals surface area contributed by atoms with Crippen molar-refractivity contribution in [3.63, 3.8) is 0 Å². The molecule has 2 unspecified atom stereocenters. The molecule has 0 bridgehead atoms. The van der Waals surface area contributed by atoms with Crippen LogP contribution in [0.2, 0.25) is 0 Å². The summed E-state index contributed by atoms with van der Waals surface area (Å²) in [6, 6.07) is -0.625. The van der Waals surface area contributed by atoms with Crippen LogP contribution in [0.5, 0.6) is 0 Å². The smallest absolute Gasteiger partial charge is 0.305 e. The van der Waals surface area contributed by atoms with Gasteiger partial charge < -0.3 is 20.3 Å². The van der Waals surface area contributed by atoms with Gasteiger partial charge in [0.15, 0.2) is 0 Å². The topological polar surface area (TPSA) is 95.9 Å². The molecule has 0 spiro atoms. The van der Waals surface area contributed by atoms with Crippen molar-refractivity contribution in [1.29, 1.82) is 0 Å². The van der Waals surface area contributed by atoms with Gasteiger partial charge in [-0.05, 0) is 32.1 Å². The lowest BCUT2D eigenvalue weighted by atomic mass is 10.0. The molecule has 0 heterocycles. The molecule has 0 fully saturated rings. The van der Waals surface area contributed by atoms with Gasteiger partial charge in [-0.15, -0.1) is 0 Å². The Morgan fingerprint density at radius 2 is 0.648 bits per heavy atom. The number of nitrogens with one attached hydrogen (secondary N) is 1. The Kier molecular flexibility index (Phi) is 59.9. The minimum absolute atomic E-state index is 0.0182. The maximum Gasteiger partial charge on any atom is 0.305 e. The summed E-state index contributed by atoms with van der Waals surface area (Å²) in [6.07, 6.45) is 74.1. The van der Waals surface area contributed by atoms with E-state index in [0.717, 1.165) is 38.5 Å². The van der Waals surface area contributed by atoms with Crippen LogP contribution in [0.1, 0.15) is 367 Å². The molecule has 0 saturated heterocycles. The second-order valence-electron chi connectivity index (χ2n) is 22.5. The molecular weight excluding hydrogens is 875 g/mol. The minimum atomic E-state index is -0.842. The fraction of sp³-hybridized carbons (Fsp3) is 0.938. The number of allylic oxidation sites excluding steroid dienone is 1. The highest BCUT2D eigenvalue weighted by Crippen LogP contribution is 2.18. The van der Waals surface area contributed by atoms with Crippen LogP contribution in [0, 0.1) is 0 Å². The molecule has 422 valence electrons. The predicted molar refractivity (Wildman–Crippen MR) is 310 cm³/mol. The van der Waals surface area contributed by atoms with Crippen molar-refractivity contribution < 1.29 is 24.5 Å². The number of rotatable bonds is 61. The number of carbonyl (C=O) groups is 2. The van der Waals surface area contributed by atoms with Crippen LogP contribution >= 0.6 is 0 Å². The molecule has 0 aromatic rings. The Morgan fingerprint density at radius 1 is 0.380 bits per heavy atom. The zero-order valence-corrected chi connectivity index (χ0v) is 48.2. The monoisotopic (exact) mass is 1000 g/mol. The zero-order chi connectivity index (χ0) is 51.4. The molecule has 1 amide bonds. The molecule has 6 nitrogen and oxygen atoms in total. The van der Waals surface area contributed by atoms with E-state index < -0.39 is 12.1 Å². The van der Waals surface area contributed by atoms with E-state index in [2.05, 4.69) is 19.2 Å². The molecule has 0 aliphatic carbocycles. The van der Waals surface area contributed by atoms with Crippen LogP contribution in [0.4, 0.5) is 0 Å². The maximum atomic E-state index is 12.5. The standard InChI is InChI=1S/C65H127NO5/c1-3-5-7-9-11-13-15-17-18-31-34-37-41-45-49-53-57-63(68)62(61-67)66-64(69)58-54-50-46-42-38-35-32-29-27-25-23-21-19-20-22-24-26-28-30-33-36-40-44-48-52-56-60-71-65(70)59-55-51-47-43-39-16-14-12-10-8-6-4-2/h53,57,62-63,67-68H,3-52,54-56,58-61H2,1-2H3,(H,66,69)/b57-53+. The third kappa shape index (κ3) is 57.7. The van der Waals surface area contributed by atoms with Crippen LogP contribution in [-0.4, -0.2) is 47.4 Å². The summed E-state index contributed by atoms with van der Waals surface area (Å²) < 4.78 is 5.48. The number of aliphatic hydroxyl groups is 2. The van der Waals surface area contributed by atoms with Gasteiger partial charge >= 0.3 is 5.97 Å². The first-order valence-corrected chi connectivity index (χ1v) is 32.5. The van der Waals surface area contributed by atoms with Crippen LogP contribution in [0.15, 0.2) is 12.2 Å². The molecule has 2 atom stereocenters. The molecule has 0 radical (unpaired) electrons. The molecule has 0 saturated carbocycles. The summed E-state index contributed by atoms with van der Waals surface area (Å²) in [7, 11) is 0. The number of hydrogen-bond acceptors (Lipinski definition) is 5. The number of amides is 1. The Bertz CT molecular complexity index is 1060. The number of carbonyl (C=O) groups excluding carboxylic acids is 2. The highest BCUT2D eigenvalue weighted by molar-refractivity contribution is 5.76. The fourth-order valence-electron chi connectivity index (χ4n) is 10.3. The summed E-state index contributed by atoms with van der Waals surface area (Å²) in [5.41, 5.74) is 0. The molecule has 0 rings (SSSR count). The molecule has 0 aliphatic rings. The van der Waals surface area contributed by atoms with Crippen molar-refractivity contribution in [2.45, 2.75) is 379 Å². The average molecular weight is 1000 g/mol. The highest BCUT2D eigenvalue weighted by Gasteiger charge is 2.18. The van der Waals surface area contributed by atoms with E-state index in [0.29, 0.717) is 19.4 Å². The van der Waals surface area contributed by atoms with E-state index >= 15 is 0 Å². The SMILES string of the molecule is CCCCCCCCCCCCCCCC/C=C/C(O)C(CO)NC(=O)CCCCCCCCCCCCCCCCCCCCCCCCCCCCOC(=O)CCCCCCCCCCCCCC. The molecule has 0 aliphatic heterocycles. The van der Waals surface area contributed by atoms with Gasteiger partial charge in [-0.3, -0.25) is 9.59 Å². The predicted octanol–water partition coefficient (Wildman–Crippen LogP) is 20.4. The number of unbranched alkanes of at least 4 members (excludes halogenated alkanes) is 50. The lowest BCUT2D eigenvalue weighted by Gasteiger charge is -2.20. The Morgan fingerprint density at radius 3 is 0.958 bits per heavy atom. The molecule has 6 heteroatoms. The first-order valence-electron chi connectivity index (χ1n) is 32.5. The Labute approximate surface area is 444 Å². The number of esters is 1. The highest BCUT2D eigenvalue weighted by atomic mass is 16.5. The summed E-state index contributed by atoms with van der Waals surface area (Å²) in [5, 5.41) is 23.2. The van der Waals surface area contributed by atoms with Crippen molar-refractivity contribution in [3.05, 3.63) is 12.2 Å². The van der Waals surface area contributed by atoms with Gasteiger partial charge in [0.05, 0.1) is 25.4 Å². The van der Waals surface area contributed by atoms with Gasteiger partial charge in [0.25, 0.3) is 0 Å². The normalized spacial score (nSPS) is 12.6. The van der Waals surface area contributed by atoms with Crippen molar-refractivity contribution in [2.24, 2.45) is 0 Å². The second-order valence-corrected chi connectivity index (χ2v) is 22.5. The van der Waals surface area contributed by atoms with Crippen molar-refractivity contribution in [3.8, 4) is 0 Å². The van der Waals surface area contributed by atoms with E-state index in [-0.39, 0.29) is 18.5 Å². The van der Waals surface area contributed by atoms with Crippen molar-refractivity contribution in [2.75, 3.05) is 13.2 Å². The van der Waals surface area contributed by atoms with Crippen LogP contribution in [0.3, 0.4) is 0 Å². The second kappa shape index (κ2) is 61.1. The van der Waals surface area contributed by atoms with Crippen LogP contribution < -0.4 is 5.32 Å². The third-order valence-corrected chi connectivity index (χ3v) is 15.3. The van der Waals surface area contributed by atoms with Gasteiger partial charge in [0.2, 0.25) is 5.91 Å². The summed E-state index contributed by atoms with van der Waals surface area (Å²) in [6.45, 7) is 4.93. The lowest BCUT2D eigenvalue weighted by molar-refractivity contribution is -0.143. The first-order chi connectivity index (χ1) is 35.0. The minimum Gasteiger partial charge on any atom is -0.466 e. The first kappa shape index (κ1) is 69.6. The van der Waals surface area contributed by atoms with E-state index in [9.17, 15) is 19.8 Å². The van der Waals surface area contributed by atoms with E-state index in [1.807, 2.05) is 6.08 Å². The van der Waals surface area contributed by atoms with Gasteiger partial charge in [-0.1, -0.05) is 334 Å². The van der Waals surface area contributed by atoms with Gasteiger partial charge in [-0.25, -0.2) is 0 Å². The quantitative estimate of drug-likeness (QED) is 0.0320. The molecular formula is C65H127NO5. The molecule has 0 aromatic carbocycles. The van der Waals surface area contributed by atoms with Gasteiger partial charge in [-0.2, -0.15) is 0 Å².